The average molecular weight is 695 g/mol. The van der Waals surface area contributed by atoms with E-state index < -0.39 is 0 Å². The SMILES string of the molecule is CC1(C)c2ccccc2-c2c(N(c3ccccc3-c3ccc4ccccc4c3)c3cccc4c3oc3cc5nc(-c6ccccc6)oc5cc34)cccc21. The van der Waals surface area contributed by atoms with Crippen LogP contribution in [-0.4, -0.2) is 4.98 Å². The van der Waals surface area contributed by atoms with Gasteiger partial charge in [0.1, 0.15) is 11.1 Å². The summed E-state index contributed by atoms with van der Waals surface area (Å²) in [6.45, 7) is 4.67. The van der Waals surface area contributed by atoms with Crippen molar-refractivity contribution in [3.8, 4) is 33.7 Å². The molecule has 4 heteroatoms. The first kappa shape index (κ1) is 30.7. The van der Waals surface area contributed by atoms with E-state index in [0.29, 0.717) is 5.89 Å². The second-order valence-electron chi connectivity index (χ2n) is 14.7. The van der Waals surface area contributed by atoms with Gasteiger partial charge in [-0.25, -0.2) is 4.98 Å². The highest BCUT2D eigenvalue weighted by molar-refractivity contribution is 6.14. The van der Waals surface area contributed by atoms with Crippen molar-refractivity contribution in [3.05, 3.63) is 181 Å². The molecular formula is C50H34N2O2. The van der Waals surface area contributed by atoms with E-state index in [1.54, 1.807) is 0 Å². The predicted octanol–water partition coefficient (Wildman–Crippen LogP) is 14.0. The van der Waals surface area contributed by atoms with Crippen LogP contribution in [0.1, 0.15) is 25.0 Å². The molecule has 0 bridgehead atoms. The van der Waals surface area contributed by atoms with Crippen LogP contribution >= 0.6 is 0 Å². The van der Waals surface area contributed by atoms with Gasteiger partial charge in [0.2, 0.25) is 5.89 Å². The Labute approximate surface area is 312 Å². The molecule has 8 aromatic carbocycles. The number of fused-ring (bicyclic) bond motifs is 8. The van der Waals surface area contributed by atoms with Gasteiger partial charge in [-0.1, -0.05) is 135 Å². The van der Waals surface area contributed by atoms with Crippen LogP contribution < -0.4 is 4.90 Å². The van der Waals surface area contributed by atoms with Crippen molar-refractivity contribution >= 4 is 60.9 Å². The molecule has 0 aliphatic heterocycles. The zero-order valence-electron chi connectivity index (χ0n) is 29.9. The highest BCUT2D eigenvalue weighted by atomic mass is 16.4. The van der Waals surface area contributed by atoms with E-state index in [2.05, 4.69) is 152 Å². The molecule has 2 heterocycles. The quantitative estimate of drug-likeness (QED) is 0.180. The van der Waals surface area contributed by atoms with Crippen LogP contribution in [0.4, 0.5) is 17.1 Å². The molecule has 0 N–H and O–H groups in total. The highest BCUT2D eigenvalue weighted by Crippen LogP contribution is 2.55. The zero-order chi connectivity index (χ0) is 36.0. The summed E-state index contributed by atoms with van der Waals surface area (Å²) in [6, 6.07) is 60.2. The summed E-state index contributed by atoms with van der Waals surface area (Å²) in [5.41, 5.74) is 14.4. The number of furan rings is 1. The number of nitrogens with zero attached hydrogens (tertiary/aromatic N) is 2. The van der Waals surface area contributed by atoms with Crippen LogP contribution in [0.3, 0.4) is 0 Å². The third-order valence-corrected chi connectivity index (χ3v) is 11.3. The normalized spacial score (nSPS) is 13.1. The Morgan fingerprint density at radius 1 is 0.481 bits per heavy atom. The van der Waals surface area contributed by atoms with E-state index >= 15 is 0 Å². The Hall–Kier alpha value is -6.91. The van der Waals surface area contributed by atoms with Crippen LogP contribution in [0.15, 0.2) is 179 Å². The number of anilines is 3. The van der Waals surface area contributed by atoms with Gasteiger partial charge in [-0.15, -0.1) is 0 Å². The average Bonchev–Trinajstić information content (AvgIpc) is 3.88. The Morgan fingerprint density at radius 3 is 2.07 bits per heavy atom. The first-order chi connectivity index (χ1) is 26.5. The van der Waals surface area contributed by atoms with Crippen molar-refractivity contribution in [1.82, 2.24) is 4.98 Å². The third kappa shape index (κ3) is 4.53. The van der Waals surface area contributed by atoms with E-state index in [1.807, 2.05) is 36.4 Å². The number of hydrogen-bond donors (Lipinski definition) is 0. The van der Waals surface area contributed by atoms with Gasteiger partial charge in [-0.2, -0.15) is 0 Å². The summed E-state index contributed by atoms with van der Waals surface area (Å²) >= 11 is 0. The lowest BCUT2D eigenvalue weighted by Crippen LogP contribution is -2.16. The molecule has 0 amide bonds. The lowest BCUT2D eigenvalue weighted by atomic mass is 9.82. The summed E-state index contributed by atoms with van der Waals surface area (Å²) < 4.78 is 13.3. The van der Waals surface area contributed by atoms with Crippen LogP contribution in [0, 0.1) is 0 Å². The summed E-state index contributed by atoms with van der Waals surface area (Å²) in [4.78, 5) is 7.28. The van der Waals surface area contributed by atoms with Crippen molar-refractivity contribution in [2.75, 3.05) is 4.90 Å². The molecule has 0 radical (unpaired) electrons. The van der Waals surface area contributed by atoms with Gasteiger partial charge in [0.05, 0.1) is 17.1 Å². The highest BCUT2D eigenvalue weighted by Gasteiger charge is 2.38. The lowest BCUT2D eigenvalue weighted by Gasteiger charge is -2.30. The maximum atomic E-state index is 6.94. The topological polar surface area (TPSA) is 42.4 Å². The molecule has 0 spiro atoms. The minimum absolute atomic E-state index is 0.156. The maximum absolute atomic E-state index is 6.94. The van der Waals surface area contributed by atoms with E-state index in [9.17, 15) is 0 Å². The van der Waals surface area contributed by atoms with Crippen LogP contribution in [0.5, 0.6) is 0 Å². The molecular weight excluding hydrogens is 661 g/mol. The van der Waals surface area contributed by atoms with Crippen LogP contribution in [0.25, 0.3) is 77.5 Å². The van der Waals surface area contributed by atoms with E-state index in [1.165, 1.54) is 33.0 Å². The molecule has 4 nitrogen and oxygen atoms in total. The molecule has 0 unspecified atom stereocenters. The van der Waals surface area contributed by atoms with Crippen molar-refractivity contribution in [2.24, 2.45) is 0 Å². The summed E-state index contributed by atoms with van der Waals surface area (Å²) in [7, 11) is 0. The summed E-state index contributed by atoms with van der Waals surface area (Å²) in [5.74, 6) is 0.598. The Balaban J connectivity index is 1.18. The summed E-state index contributed by atoms with van der Waals surface area (Å²) in [5, 5.41) is 4.44. The van der Waals surface area contributed by atoms with E-state index in [-0.39, 0.29) is 5.41 Å². The molecule has 256 valence electrons. The van der Waals surface area contributed by atoms with E-state index in [4.69, 9.17) is 13.8 Å². The zero-order valence-corrected chi connectivity index (χ0v) is 29.9. The van der Waals surface area contributed by atoms with Crippen LogP contribution in [0.2, 0.25) is 0 Å². The molecule has 0 saturated heterocycles. The Bertz CT molecular complexity index is 3100. The number of para-hydroxylation sites is 2. The smallest absolute Gasteiger partial charge is 0.227 e. The third-order valence-electron chi connectivity index (χ3n) is 11.3. The Kier molecular flexibility index (Phi) is 6.56. The molecule has 1 aliphatic rings. The van der Waals surface area contributed by atoms with Crippen molar-refractivity contribution in [2.45, 2.75) is 19.3 Å². The largest absolute Gasteiger partial charge is 0.454 e. The first-order valence-corrected chi connectivity index (χ1v) is 18.5. The molecule has 2 aromatic heterocycles. The Morgan fingerprint density at radius 2 is 1.19 bits per heavy atom. The monoisotopic (exact) mass is 694 g/mol. The lowest BCUT2D eigenvalue weighted by molar-refractivity contribution is 0.620. The fourth-order valence-electron chi connectivity index (χ4n) is 8.66. The molecule has 54 heavy (non-hydrogen) atoms. The minimum atomic E-state index is -0.156. The van der Waals surface area contributed by atoms with Crippen molar-refractivity contribution in [3.63, 3.8) is 0 Å². The van der Waals surface area contributed by atoms with E-state index in [0.717, 1.165) is 66.8 Å². The van der Waals surface area contributed by atoms with Gasteiger partial charge in [0.25, 0.3) is 0 Å². The predicted molar refractivity (Wildman–Crippen MR) is 222 cm³/mol. The fourth-order valence-corrected chi connectivity index (χ4v) is 8.66. The van der Waals surface area contributed by atoms with Crippen LogP contribution in [-0.2, 0) is 5.41 Å². The fraction of sp³-hybridized carbons (Fsp3) is 0.0600. The van der Waals surface area contributed by atoms with Gasteiger partial charge < -0.3 is 13.7 Å². The molecule has 0 saturated carbocycles. The van der Waals surface area contributed by atoms with Gasteiger partial charge >= 0.3 is 0 Å². The number of benzene rings is 8. The number of aromatic nitrogens is 1. The second-order valence-corrected chi connectivity index (χ2v) is 14.7. The molecule has 1 aliphatic carbocycles. The van der Waals surface area contributed by atoms with Gasteiger partial charge in [-0.3, -0.25) is 0 Å². The van der Waals surface area contributed by atoms with Gasteiger partial charge in [0.15, 0.2) is 11.2 Å². The molecule has 0 fully saturated rings. The number of rotatable bonds is 5. The first-order valence-electron chi connectivity index (χ1n) is 18.5. The van der Waals surface area contributed by atoms with Crippen molar-refractivity contribution in [1.29, 1.82) is 0 Å². The molecule has 0 atom stereocenters. The van der Waals surface area contributed by atoms with Crippen molar-refractivity contribution < 1.29 is 8.83 Å². The number of oxazole rings is 1. The minimum Gasteiger partial charge on any atom is -0.454 e. The second kappa shape index (κ2) is 11.5. The van der Waals surface area contributed by atoms with Gasteiger partial charge in [-0.05, 0) is 75.5 Å². The standard InChI is InChI=1S/C50H34N2O2/c1-50(2)39-21-10-8-19-37(39)47-40(50)22-13-24-43(47)52(42-23-11-9-18-35(42)34-27-26-31-14-6-7-17-33(31)28-34)44-25-12-20-36-38-29-46-41(30-45(38)53-48(36)44)51-49(54-46)32-15-4-3-5-16-32/h3-30H,1-2H3. The maximum Gasteiger partial charge on any atom is 0.227 e. The number of hydrogen-bond acceptors (Lipinski definition) is 4. The molecule has 10 aromatic rings. The van der Waals surface area contributed by atoms with Gasteiger partial charge in [0, 0.05) is 38.9 Å². The molecule has 11 rings (SSSR count). The summed E-state index contributed by atoms with van der Waals surface area (Å²) in [6.07, 6.45) is 0.